The third-order valence-corrected chi connectivity index (χ3v) is 4.48. The zero-order chi connectivity index (χ0) is 11.6. The monoisotopic (exact) mass is 237 g/mol. The van der Waals surface area contributed by atoms with Crippen molar-refractivity contribution in [3.8, 4) is 0 Å². The molecule has 1 aliphatic rings. The number of carbonyl (C=O) groups excluding carboxylic acids is 1. The van der Waals surface area contributed by atoms with E-state index in [1.54, 1.807) is 11.3 Å². The van der Waals surface area contributed by atoms with Gasteiger partial charge in [0.05, 0.1) is 5.54 Å². The molecule has 0 saturated heterocycles. The molecule has 0 bridgehead atoms. The van der Waals surface area contributed by atoms with Crippen LogP contribution in [-0.4, -0.2) is 30.3 Å². The zero-order valence-corrected chi connectivity index (χ0v) is 10.8. The first-order valence-electron chi connectivity index (χ1n) is 5.87. The molecular weight excluding hydrogens is 218 g/mol. The standard InChI is InChI=1S/C13H19NOS/c1-14(2)13(6-3-4-7-13)12(15)9-11-5-8-16-10-11/h5,8,10H,3-4,6-7,9H2,1-2H3. The largest absolute Gasteiger partial charge is 0.297 e. The van der Waals surface area contributed by atoms with Crippen molar-refractivity contribution >= 4 is 17.1 Å². The van der Waals surface area contributed by atoms with E-state index in [0.717, 1.165) is 12.8 Å². The molecule has 1 heterocycles. The van der Waals surface area contributed by atoms with Gasteiger partial charge >= 0.3 is 0 Å². The molecule has 1 saturated carbocycles. The Kier molecular flexibility index (Phi) is 3.45. The molecule has 2 rings (SSSR count). The SMILES string of the molecule is CN(C)C1(C(=O)Cc2ccsc2)CCCC1. The Hall–Kier alpha value is -0.670. The van der Waals surface area contributed by atoms with E-state index in [-0.39, 0.29) is 5.54 Å². The summed E-state index contributed by atoms with van der Waals surface area (Å²) in [5.74, 6) is 0.397. The van der Waals surface area contributed by atoms with Gasteiger partial charge in [-0.3, -0.25) is 9.69 Å². The lowest BCUT2D eigenvalue weighted by molar-refractivity contribution is -0.128. The second-order valence-electron chi connectivity index (χ2n) is 4.86. The number of likely N-dealkylation sites (N-methyl/N-ethyl adjacent to an activating group) is 1. The maximum atomic E-state index is 12.4. The van der Waals surface area contributed by atoms with Crippen LogP contribution in [0, 0.1) is 0 Å². The van der Waals surface area contributed by atoms with Gasteiger partial charge < -0.3 is 0 Å². The fraction of sp³-hybridized carbons (Fsp3) is 0.615. The van der Waals surface area contributed by atoms with Gasteiger partial charge in [0.1, 0.15) is 0 Å². The Labute approximate surface area is 101 Å². The van der Waals surface area contributed by atoms with Gasteiger partial charge in [-0.1, -0.05) is 12.8 Å². The van der Waals surface area contributed by atoms with Crippen molar-refractivity contribution in [2.75, 3.05) is 14.1 Å². The fourth-order valence-electron chi connectivity index (χ4n) is 2.68. The fourth-order valence-corrected chi connectivity index (χ4v) is 3.35. The van der Waals surface area contributed by atoms with Gasteiger partial charge in [-0.25, -0.2) is 0 Å². The van der Waals surface area contributed by atoms with Gasteiger partial charge in [0.2, 0.25) is 0 Å². The van der Waals surface area contributed by atoms with E-state index in [2.05, 4.69) is 16.3 Å². The Morgan fingerprint density at radius 3 is 2.62 bits per heavy atom. The van der Waals surface area contributed by atoms with Crippen LogP contribution < -0.4 is 0 Å². The summed E-state index contributed by atoms with van der Waals surface area (Å²) in [7, 11) is 4.08. The normalized spacial score (nSPS) is 19.2. The number of nitrogens with zero attached hydrogens (tertiary/aromatic N) is 1. The zero-order valence-electron chi connectivity index (χ0n) is 10.0. The molecule has 0 spiro atoms. The van der Waals surface area contributed by atoms with E-state index < -0.39 is 0 Å². The topological polar surface area (TPSA) is 20.3 Å². The molecule has 1 fully saturated rings. The average Bonchev–Trinajstić information content (AvgIpc) is 2.87. The molecule has 0 N–H and O–H groups in total. The lowest BCUT2D eigenvalue weighted by Crippen LogP contribution is -2.49. The third-order valence-electron chi connectivity index (χ3n) is 3.75. The molecule has 88 valence electrons. The summed E-state index contributed by atoms with van der Waals surface area (Å²) in [4.78, 5) is 14.6. The summed E-state index contributed by atoms with van der Waals surface area (Å²) in [5.41, 5.74) is 0.991. The minimum atomic E-state index is -0.179. The summed E-state index contributed by atoms with van der Waals surface area (Å²) in [5, 5.41) is 4.12. The molecule has 0 unspecified atom stereocenters. The molecular formula is C13H19NOS. The number of hydrogen-bond donors (Lipinski definition) is 0. The van der Waals surface area contributed by atoms with Crippen molar-refractivity contribution in [1.29, 1.82) is 0 Å². The van der Waals surface area contributed by atoms with Gasteiger partial charge in [0.25, 0.3) is 0 Å². The number of Topliss-reactive ketones (excluding diaryl/α,β-unsaturated/α-hetero) is 1. The van der Waals surface area contributed by atoms with Crippen molar-refractivity contribution in [3.63, 3.8) is 0 Å². The van der Waals surface area contributed by atoms with Crippen LogP contribution in [-0.2, 0) is 11.2 Å². The van der Waals surface area contributed by atoms with Gasteiger partial charge in [-0.2, -0.15) is 11.3 Å². The van der Waals surface area contributed by atoms with Crippen LogP contribution in [0.1, 0.15) is 31.2 Å². The van der Waals surface area contributed by atoms with Crippen molar-refractivity contribution in [2.45, 2.75) is 37.6 Å². The van der Waals surface area contributed by atoms with E-state index in [1.165, 1.54) is 18.4 Å². The summed E-state index contributed by atoms with van der Waals surface area (Å²) in [6.07, 6.45) is 5.04. The van der Waals surface area contributed by atoms with Crippen molar-refractivity contribution in [3.05, 3.63) is 22.4 Å². The van der Waals surface area contributed by atoms with Crippen LogP contribution in [0.5, 0.6) is 0 Å². The maximum Gasteiger partial charge on any atom is 0.157 e. The molecule has 0 aromatic carbocycles. The van der Waals surface area contributed by atoms with Crippen LogP contribution in [0.25, 0.3) is 0 Å². The number of thiophene rings is 1. The molecule has 1 aromatic rings. The van der Waals surface area contributed by atoms with Gasteiger partial charge in [-0.15, -0.1) is 0 Å². The highest BCUT2D eigenvalue weighted by Crippen LogP contribution is 2.35. The molecule has 16 heavy (non-hydrogen) atoms. The average molecular weight is 237 g/mol. The molecule has 2 nitrogen and oxygen atoms in total. The quantitative estimate of drug-likeness (QED) is 0.802. The molecule has 0 radical (unpaired) electrons. The molecule has 3 heteroatoms. The number of carbonyl (C=O) groups is 1. The molecule has 1 aliphatic carbocycles. The highest BCUT2D eigenvalue weighted by Gasteiger charge is 2.42. The van der Waals surface area contributed by atoms with E-state index >= 15 is 0 Å². The van der Waals surface area contributed by atoms with Crippen LogP contribution >= 0.6 is 11.3 Å². The van der Waals surface area contributed by atoms with Crippen LogP contribution in [0.2, 0.25) is 0 Å². The van der Waals surface area contributed by atoms with E-state index in [0.29, 0.717) is 12.2 Å². The van der Waals surface area contributed by atoms with Gasteiger partial charge in [0, 0.05) is 6.42 Å². The van der Waals surface area contributed by atoms with E-state index in [4.69, 9.17) is 0 Å². The summed E-state index contributed by atoms with van der Waals surface area (Å²) >= 11 is 1.67. The first-order valence-corrected chi connectivity index (χ1v) is 6.81. The second-order valence-corrected chi connectivity index (χ2v) is 5.64. The lowest BCUT2D eigenvalue weighted by Gasteiger charge is -2.34. The molecule has 0 amide bonds. The Balaban J connectivity index is 2.12. The third kappa shape index (κ3) is 2.06. The van der Waals surface area contributed by atoms with Crippen LogP contribution in [0.3, 0.4) is 0 Å². The van der Waals surface area contributed by atoms with Crippen molar-refractivity contribution in [1.82, 2.24) is 4.90 Å². The summed E-state index contributed by atoms with van der Waals surface area (Å²) in [6.45, 7) is 0. The number of ketones is 1. The number of hydrogen-bond acceptors (Lipinski definition) is 3. The van der Waals surface area contributed by atoms with Gasteiger partial charge in [-0.05, 0) is 49.3 Å². The van der Waals surface area contributed by atoms with Crippen molar-refractivity contribution < 1.29 is 4.79 Å². The second kappa shape index (κ2) is 4.68. The number of rotatable bonds is 4. The minimum Gasteiger partial charge on any atom is -0.297 e. The first-order chi connectivity index (χ1) is 7.65. The predicted molar refractivity (Wildman–Crippen MR) is 67.9 cm³/mol. The first kappa shape index (κ1) is 11.8. The van der Waals surface area contributed by atoms with Crippen LogP contribution in [0.4, 0.5) is 0 Å². The van der Waals surface area contributed by atoms with Gasteiger partial charge in [0.15, 0.2) is 5.78 Å². The van der Waals surface area contributed by atoms with Crippen LogP contribution in [0.15, 0.2) is 16.8 Å². The maximum absolute atomic E-state index is 12.4. The van der Waals surface area contributed by atoms with E-state index in [1.807, 2.05) is 19.5 Å². The highest BCUT2D eigenvalue weighted by atomic mass is 32.1. The predicted octanol–water partition coefficient (Wildman–Crippen LogP) is 2.73. The molecule has 0 atom stereocenters. The Morgan fingerprint density at radius 1 is 1.44 bits per heavy atom. The Morgan fingerprint density at radius 2 is 2.12 bits per heavy atom. The smallest absolute Gasteiger partial charge is 0.157 e. The summed E-state index contributed by atoms with van der Waals surface area (Å²) in [6, 6.07) is 2.06. The van der Waals surface area contributed by atoms with E-state index in [9.17, 15) is 4.79 Å². The lowest BCUT2D eigenvalue weighted by atomic mass is 9.87. The minimum absolute atomic E-state index is 0.179. The highest BCUT2D eigenvalue weighted by molar-refractivity contribution is 7.08. The molecule has 1 aromatic heterocycles. The summed E-state index contributed by atoms with van der Waals surface area (Å²) < 4.78 is 0. The Bertz CT molecular complexity index is 350. The molecule has 0 aliphatic heterocycles. The van der Waals surface area contributed by atoms with Crippen molar-refractivity contribution in [2.24, 2.45) is 0 Å².